The quantitative estimate of drug-likeness (QED) is 0.498. The summed E-state index contributed by atoms with van der Waals surface area (Å²) in [5.74, 6) is 0.0595. The Morgan fingerprint density at radius 2 is 2.07 bits per heavy atom. The second-order valence-electron chi connectivity index (χ2n) is 3.16. The van der Waals surface area contributed by atoms with Crippen molar-refractivity contribution >= 4 is 21.9 Å². The lowest BCUT2D eigenvalue weighted by Gasteiger charge is -2.03. The number of rotatable bonds is 4. The van der Waals surface area contributed by atoms with E-state index in [2.05, 4.69) is 20.9 Å². The molecule has 0 bridgehead atoms. The van der Waals surface area contributed by atoms with E-state index < -0.39 is 5.08 Å². The summed E-state index contributed by atoms with van der Waals surface area (Å²) in [6.45, 7) is 0.426. The first-order chi connectivity index (χ1) is 7.08. The van der Waals surface area contributed by atoms with E-state index in [4.69, 9.17) is 11.5 Å². The summed E-state index contributed by atoms with van der Waals surface area (Å²) in [6.07, 6.45) is 0.343. The van der Waals surface area contributed by atoms with Crippen molar-refractivity contribution < 1.29 is 4.39 Å². The minimum Gasteiger partial charge on any atom is -0.370 e. The van der Waals surface area contributed by atoms with E-state index in [1.165, 1.54) is 0 Å². The molecule has 0 aliphatic heterocycles. The molecule has 0 aliphatic rings. The standard InChI is InChI=1S/C10H13BrFN3/c11-9(12)5-7-2-1-3-8(4-7)6-15-10(13)14/h1-4,9H,5-6H2,(H4,13,14,15). The maximum Gasteiger partial charge on any atom is 0.186 e. The van der Waals surface area contributed by atoms with E-state index in [9.17, 15) is 4.39 Å². The molecule has 1 unspecified atom stereocenters. The molecule has 1 aromatic carbocycles. The van der Waals surface area contributed by atoms with E-state index in [1.807, 2.05) is 24.3 Å². The van der Waals surface area contributed by atoms with Gasteiger partial charge in [-0.05, 0) is 11.1 Å². The van der Waals surface area contributed by atoms with E-state index in [1.54, 1.807) is 0 Å². The van der Waals surface area contributed by atoms with Crippen LogP contribution >= 0.6 is 15.9 Å². The van der Waals surface area contributed by atoms with Gasteiger partial charge in [-0.25, -0.2) is 9.38 Å². The molecule has 1 rings (SSSR count). The van der Waals surface area contributed by atoms with Gasteiger partial charge in [0.1, 0.15) is 0 Å². The number of hydrogen-bond donors (Lipinski definition) is 2. The predicted molar refractivity (Wildman–Crippen MR) is 63.5 cm³/mol. The topological polar surface area (TPSA) is 64.4 Å². The molecule has 0 amide bonds. The summed E-state index contributed by atoms with van der Waals surface area (Å²) < 4.78 is 12.7. The maximum absolute atomic E-state index is 12.7. The molecule has 0 aromatic heterocycles. The zero-order valence-corrected chi connectivity index (χ0v) is 9.74. The van der Waals surface area contributed by atoms with Crippen LogP contribution in [0.3, 0.4) is 0 Å². The number of nitrogens with two attached hydrogens (primary N) is 2. The molecule has 1 atom stereocenters. The summed E-state index contributed by atoms with van der Waals surface area (Å²) >= 11 is 2.86. The first kappa shape index (κ1) is 12.0. The fraction of sp³-hybridized carbons (Fsp3) is 0.300. The fourth-order valence-electron chi connectivity index (χ4n) is 1.22. The Hall–Kier alpha value is -1.10. The largest absolute Gasteiger partial charge is 0.370 e. The molecule has 1 aromatic rings. The van der Waals surface area contributed by atoms with Crippen molar-refractivity contribution in [1.29, 1.82) is 0 Å². The summed E-state index contributed by atoms with van der Waals surface area (Å²) in [5.41, 5.74) is 12.3. The lowest BCUT2D eigenvalue weighted by molar-refractivity contribution is 0.460. The van der Waals surface area contributed by atoms with Crippen LogP contribution in [-0.4, -0.2) is 11.0 Å². The molecule has 0 spiro atoms. The van der Waals surface area contributed by atoms with Crippen LogP contribution in [0.15, 0.2) is 29.3 Å². The second kappa shape index (κ2) is 5.70. The summed E-state index contributed by atoms with van der Waals surface area (Å²) in [4.78, 5) is 3.88. The molecular formula is C10H13BrFN3. The summed E-state index contributed by atoms with van der Waals surface area (Å²) in [5, 5.41) is -1.02. The number of guanidine groups is 1. The van der Waals surface area contributed by atoms with Crippen molar-refractivity contribution in [2.24, 2.45) is 16.5 Å². The fourth-order valence-corrected chi connectivity index (χ4v) is 1.59. The number of alkyl halides is 2. The van der Waals surface area contributed by atoms with Crippen LogP contribution in [-0.2, 0) is 13.0 Å². The van der Waals surface area contributed by atoms with Gasteiger partial charge in [0.15, 0.2) is 11.0 Å². The summed E-state index contributed by atoms with van der Waals surface area (Å²) in [6, 6.07) is 7.52. The van der Waals surface area contributed by atoms with Gasteiger partial charge in [-0.1, -0.05) is 40.2 Å². The predicted octanol–water partition coefficient (Wildman–Crippen LogP) is 1.69. The molecule has 82 valence electrons. The first-order valence-electron chi connectivity index (χ1n) is 4.49. The van der Waals surface area contributed by atoms with Gasteiger partial charge < -0.3 is 11.5 Å². The minimum atomic E-state index is -1.02. The Balaban J connectivity index is 2.70. The van der Waals surface area contributed by atoms with Crippen molar-refractivity contribution in [1.82, 2.24) is 0 Å². The van der Waals surface area contributed by atoms with E-state index in [-0.39, 0.29) is 5.96 Å². The Morgan fingerprint density at radius 3 is 2.67 bits per heavy atom. The average Bonchev–Trinajstić information content (AvgIpc) is 2.14. The van der Waals surface area contributed by atoms with Crippen LogP contribution in [0.2, 0.25) is 0 Å². The lowest BCUT2D eigenvalue weighted by atomic mass is 10.1. The van der Waals surface area contributed by atoms with Crippen molar-refractivity contribution in [3.05, 3.63) is 35.4 Å². The molecule has 0 aliphatic carbocycles. The molecule has 5 heteroatoms. The van der Waals surface area contributed by atoms with Crippen LogP contribution < -0.4 is 11.5 Å². The highest BCUT2D eigenvalue weighted by Gasteiger charge is 2.02. The first-order valence-corrected chi connectivity index (χ1v) is 5.41. The van der Waals surface area contributed by atoms with Gasteiger partial charge in [0.25, 0.3) is 0 Å². The minimum absolute atomic E-state index is 0.0595. The number of aliphatic imine (C=N–C) groups is 1. The van der Waals surface area contributed by atoms with Crippen LogP contribution in [0.25, 0.3) is 0 Å². The van der Waals surface area contributed by atoms with Gasteiger partial charge in [-0.3, -0.25) is 0 Å². The van der Waals surface area contributed by atoms with Crippen LogP contribution in [0.4, 0.5) is 4.39 Å². The molecule has 4 N–H and O–H groups in total. The van der Waals surface area contributed by atoms with E-state index in [0.717, 1.165) is 11.1 Å². The van der Waals surface area contributed by atoms with Gasteiger partial charge in [0, 0.05) is 6.42 Å². The average molecular weight is 274 g/mol. The van der Waals surface area contributed by atoms with Crippen LogP contribution in [0, 0.1) is 0 Å². The van der Waals surface area contributed by atoms with E-state index in [0.29, 0.717) is 13.0 Å². The van der Waals surface area contributed by atoms with Crippen LogP contribution in [0.5, 0.6) is 0 Å². The van der Waals surface area contributed by atoms with Gasteiger partial charge in [-0.2, -0.15) is 0 Å². The molecule has 15 heavy (non-hydrogen) atoms. The second-order valence-corrected chi connectivity index (χ2v) is 4.15. The van der Waals surface area contributed by atoms with Crippen molar-refractivity contribution in [3.63, 3.8) is 0 Å². The third kappa shape index (κ3) is 4.78. The molecule has 3 nitrogen and oxygen atoms in total. The van der Waals surface area contributed by atoms with Crippen molar-refractivity contribution in [2.45, 2.75) is 18.0 Å². The Morgan fingerprint density at radius 1 is 1.40 bits per heavy atom. The monoisotopic (exact) mass is 273 g/mol. The highest BCUT2D eigenvalue weighted by molar-refractivity contribution is 9.09. The molecule has 0 fully saturated rings. The molecule has 0 radical (unpaired) electrons. The molecule has 0 saturated carbocycles. The molecule has 0 heterocycles. The normalized spacial score (nSPS) is 12.1. The zero-order valence-electron chi connectivity index (χ0n) is 8.16. The van der Waals surface area contributed by atoms with Gasteiger partial charge in [0.2, 0.25) is 0 Å². The SMILES string of the molecule is NC(N)=NCc1cccc(CC(F)Br)c1. The van der Waals surface area contributed by atoms with Crippen molar-refractivity contribution in [3.8, 4) is 0 Å². The van der Waals surface area contributed by atoms with Crippen LogP contribution in [0.1, 0.15) is 11.1 Å². The number of nitrogens with zero attached hydrogens (tertiary/aromatic N) is 1. The Bertz CT molecular complexity index is 348. The van der Waals surface area contributed by atoms with Gasteiger partial charge in [0.05, 0.1) is 6.54 Å². The molecular weight excluding hydrogens is 261 g/mol. The third-order valence-corrected chi connectivity index (χ3v) is 2.15. The number of benzene rings is 1. The summed E-state index contributed by atoms with van der Waals surface area (Å²) in [7, 11) is 0. The maximum atomic E-state index is 12.7. The smallest absolute Gasteiger partial charge is 0.186 e. The Labute approximate surface area is 96.5 Å². The van der Waals surface area contributed by atoms with Gasteiger partial charge in [-0.15, -0.1) is 0 Å². The van der Waals surface area contributed by atoms with Crippen molar-refractivity contribution in [2.75, 3.05) is 0 Å². The number of halogens is 2. The Kier molecular flexibility index (Phi) is 4.55. The zero-order chi connectivity index (χ0) is 11.3. The van der Waals surface area contributed by atoms with E-state index >= 15 is 0 Å². The highest BCUT2D eigenvalue weighted by Crippen LogP contribution is 2.13. The third-order valence-electron chi connectivity index (χ3n) is 1.83. The van der Waals surface area contributed by atoms with Gasteiger partial charge >= 0.3 is 0 Å². The number of hydrogen-bond acceptors (Lipinski definition) is 1. The highest BCUT2D eigenvalue weighted by atomic mass is 79.9. The molecule has 0 saturated heterocycles. The lowest BCUT2D eigenvalue weighted by Crippen LogP contribution is -2.22.